The van der Waals surface area contributed by atoms with E-state index >= 15 is 0 Å². The van der Waals surface area contributed by atoms with Crippen molar-refractivity contribution in [1.82, 2.24) is 9.78 Å². The van der Waals surface area contributed by atoms with Crippen molar-refractivity contribution in [1.29, 1.82) is 0 Å². The van der Waals surface area contributed by atoms with Gasteiger partial charge in [0.15, 0.2) is 0 Å². The monoisotopic (exact) mass is 442 g/mol. The zero-order valence-corrected chi connectivity index (χ0v) is 17.2. The zero-order valence-electron chi connectivity index (χ0n) is 14.9. The van der Waals surface area contributed by atoms with Gasteiger partial charge in [-0.05, 0) is 12.1 Å². The number of anilines is 1. The van der Waals surface area contributed by atoms with E-state index in [1.165, 1.54) is 0 Å². The first-order valence-corrected chi connectivity index (χ1v) is 10.6. The van der Waals surface area contributed by atoms with E-state index in [1.54, 1.807) is 41.1 Å². The number of rotatable bonds is 5. The number of nitrogens with two attached hydrogens (primary N) is 1. The molecule has 2 aromatic carbocycles. The van der Waals surface area contributed by atoms with E-state index in [1.807, 2.05) is 0 Å². The Hall–Kier alpha value is -1.84. The Morgan fingerprint density at radius 1 is 1.21 bits per heavy atom. The van der Waals surface area contributed by atoms with Crippen molar-refractivity contribution in [2.45, 2.75) is 24.4 Å². The van der Waals surface area contributed by atoms with Gasteiger partial charge < -0.3 is 22.8 Å². The van der Waals surface area contributed by atoms with E-state index in [-0.39, 0.29) is 30.5 Å². The Morgan fingerprint density at radius 2 is 1.96 bits per heavy atom. The van der Waals surface area contributed by atoms with Crippen LogP contribution in [-0.4, -0.2) is 36.5 Å². The quantitative estimate of drug-likeness (QED) is 0.429. The topological polar surface area (TPSA) is 101 Å². The van der Waals surface area contributed by atoms with Crippen molar-refractivity contribution < 1.29 is 31.2 Å². The molecule has 0 saturated carbocycles. The van der Waals surface area contributed by atoms with Gasteiger partial charge in [0.1, 0.15) is 12.4 Å². The molecule has 28 heavy (non-hydrogen) atoms. The third-order valence-corrected chi connectivity index (χ3v) is 6.46. The van der Waals surface area contributed by atoms with Crippen LogP contribution in [-0.2, 0) is 29.5 Å². The van der Waals surface area contributed by atoms with Crippen molar-refractivity contribution in [2.75, 3.05) is 17.9 Å². The highest BCUT2D eigenvalue weighted by molar-refractivity contribution is 7.93. The van der Waals surface area contributed by atoms with Gasteiger partial charge in [-0.15, -0.1) is 0 Å². The highest BCUT2D eigenvalue weighted by atomic mass is 35.5. The van der Waals surface area contributed by atoms with E-state index < -0.39 is 10.0 Å². The Kier molecular flexibility index (Phi) is 6.16. The average Bonchev–Trinajstić information content (AvgIpc) is 2.99. The Morgan fingerprint density at radius 3 is 2.75 bits per heavy atom. The Labute approximate surface area is 174 Å². The molecule has 0 bridgehead atoms. The molecule has 4 rings (SSSR count). The van der Waals surface area contributed by atoms with Gasteiger partial charge in [-0.2, -0.15) is 5.10 Å². The fourth-order valence-electron chi connectivity index (χ4n) is 3.48. The van der Waals surface area contributed by atoms with Crippen LogP contribution in [0.3, 0.4) is 0 Å². The largest absolute Gasteiger partial charge is 1.00 e. The molecule has 0 saturated heterocycles. The van der Waals surface area contributed by atoms with Gasteiger partial charge in [0.05, 0.1) is 35.8 Å². The number of quaternary nitrogens is 1. The lowest BCUT2D eigenvalue weighted by atomic mass is 10.1. The van der Waals surface area contributed by atoms with Crippen molar-refractivity contribution >= 4 is 38.2 Å². The number of nitrogens with zero attached hydrogens (tertiary/aromatic N) is 2. The van der Waals surface area contributed by atoms with Crippen LogP contribution in [0.4, 0.5) is 5.82 Å². The van der Waals surface area contributed by atoms with Crippen molar-refractivity contribution in [3.63, 3.8) is 0 Å². The average molecular weight is 443 g/mol. The van der Waals surface area contributed by atoms with Crippen LogP contribution in [0.15, 0.2) is 41.3 Å². The summed E-state index contributed by atoms with van der Waals surface area (Å²) in [5, 5.41) is 17.7. The fraction of sp³-hybridized carbons (Fsp3) is 0.278. The standard InChI is InChI=1S/C18H19ClN4O3S.ClH/c19-15-5-1-4-13-12(15)3-2-6-17(13)27(25,26)22-18-14-11-20-8-7-16(14)21-23(18)9-10-24;/h1-6,20,22,24H,7-11H2;1H. The predicted molar refractivity (Wildman–Crippen MR) is 103 cm³/mol. The van der Waals surface area contributed by atoms with E-state index in [0.29, 0.717) is 28.2 Å². The molecule has 1 aliphatic rings. The summed E-state index contributed by atoms with van der Waals surface area (Å²) in [6, 6.07) is 10.2. The number of fused-ring (bicyclic) bond motifs is 2. The number of benzene rings is 2. The van der Waals surface area contributed by atoms with Crippen LogP contribution < -0.4 is 22.4 Å². The second-order valence-corrected chi connectivity index (χ2v) is 8.51. The molecule has 7 nitrogen and oxygen atoms in total. The first-order chi connectivity index (χ1) is 13.0. The van der Waals surface area contributed by atoms with Crippen molar-refractivity contribution in [3.05, 3.63) is 52.7 Å². The number of aliphatic hydroxyl groups is 1. The predicted octanol–water partition coefficient (Wildman–Crippen LogP) is -1.89. The minimum absolute atomic E-state index is 0. The molecular weight excluding hydrogens is 423 g/mol. The third kappa shape index (κ3) is 3.70. The molecule has 0 atom stereocenters. The second-order valence-electron chi connectivity index (χ2n) is 6.45. The first-order valence-electron chi connectivity index (χ1n) is 8.72. The summed E-state index contributed by atoms with van der Waals surface area (Å²) in [6.07, 6.45) is 0.770. The molecule has 4 N–H and O–H groups in total. The molecule has 0 amide bonds. The normalized spacial score (nSPS) is 13.8. The number of hydrogen-bond donors (Lipinski definition) is 3. The summed E-state index contributed by atoms with van der Waals surface area (Å²) in [5.41, 5.74) is 1.75. The van der Waals surface area contributed by atoms with E-state index in [0.717, 1.165) is 24.2 Å². The van der Waals surface area contributed by atoms with Crippen LogP contribution in [0.1, 0.15) is 11.3 Å². The molecule has 0 spiro atoms. The molecular formula is C18H20Cl2N4O3S. The van der Waals surface area contributed by atoms with Crippen LogP contribution in [0.5, 0.6) is 0 Å². The van der Waals surface area contributed by atoms with Crippen LogP contribution >= 0.6 is 11.6 Å². The van der Waals surface area contributed by atoms with E-state index in [9.17, 15) is 13.5 Å². The van der Waals surface area contributed by atoms with Gasteiger partial charge in [0.25, 0.3) is 10.0 Å². The first kappa shape index (κ1) is 20.9. The summed E-state index contributed by atoms with van der Waals surface area (Å²) < 4.78 is 30.6. The minimum atomic E-state index is -3.87. The number of aliphatic hydroxyl groups excluding tert-OH is 1. The Balaban J connectivity index is 0.00000225. The number of hydrogen-bond acceptors (Lipinski definition) is 4. The maximum Gasteiger partial charge on any atom is 0.263 e. The maximum absolute atomic E-state index is 13.2. The number of halogens is 2. The van der Waals surface area contributed by atoms with Gasteiger partial charge in [-0.25, -0.2) is 13.1 Å². The van der Waals surface area contributed by atoms with Gasteiger partial charge in [-0.3, -0.25) is 4.72 Å². The number of sulfonamides is 1. The third-order valence-electron chi connectivity index (χ3n) is 4.73. The van der Waals surface area contributed by atoms with Crippen molar-refractivity contribution in [3.8, 4) is 0 Å². The van der Waals surface area contributed by atoms with Crippen LogP contribution in [0.2, 0.25) is 5.02 Å². The van der Waals surface area contributed by atoms with Crippen molar-refractivity contribution in [2.24, 2.45) is 0 Å². The molecule has 1 aromatic heterocycles. The molecule has 3 aromatic rings. The smallest absolute Gasteiger partial charge is 0.263 e. The minimum Gasteiger partial charge on any atom is -1.00 e. The second kappa shape index (κ2) is 8.26. The lowest BCUT2D eigenvalue weighted by Crippen LogP contribution is -3.00. The van der Waals surface area contributed by atoms with Gasteiger partial charge in [-0.1, -0.05) is 35.9 Å². The summed E-state index contributed by atoms with van der Waals surface area (Å²) in [7, 11) is -3.87. The fourth-order valence-corrected chi connectivity index (χ4v) is 5.04. The van der Waals surface area contributed by atoms with E-state index in [4.69, 9.17) is 11.6 Å². The molecule has 0 radical (unpaired) electrons. The molecule has 2 heterocycles. The Bertz CT molecular complexity index is 1120. The highest BCUT2D eigenvalue weighted by Gasteiger charge is 2.27. The highest BCUT2D eigenvalue weighted by Crippen LogP contribution is 2.31. The van der Waals surface area contributed by atoms with Gasteiger partial charge in [0, 0.05) is 22.2 Å². The zero-order chi connectivity index (χ0) is 19.0. The summed E-state index contributed by atoms with van der Waals surface area (Å²) >= 11 is 6.22. The van der Waals surface area contributed by atoms with Crippen LogP contribution in [0, 0.1) is 0 Å². The summed E-state index contributed by atoms with van der Waals surface area (Å²) in [6.45, 7) is 1.67. The van der Waals surface area contributed by atoms with Gasteiger partial charge >= 0.3 is 0 Å². The summed E-state index contributed by atoms with van der Waals surface area (Å²) in [5.74, 6) is 0.425. The van der Waals surface area contributed by atoms with E-state index in [2.05, 4.69) is 15.1 Å². The molecule has 0 fully saturated rings. The molecule has 10 heteroatoms. The lowest BCUT2D eigenvalue weighted by molar-refractivity contribution is -0.673. The number of aromatic nitrogens is 2. The molecule has 1 aliphatic heterocycles. The summed E-state index contributed by atoms with van der Waals surface area (Å²) in [4.78, 5) is 0.160. The number of nitrogens with one attached hydrogen (secondary N) is 1. The SMILES string of the molecule is O=S(=O)(Nc1c2c(nn1CCO)CC[NH2+]C2)c1cccc2c(Cl)cccc12.[Cl-]. The lowest BCUT2D eigenvalue weighted by Gasteiger charge is -2.15. The molecule has 150 valence electrons. The molecule has 0 aliphatic carbocycles. The molecule has 0 unspecified atom stereocenters. The van der Waals surface area contributed by atoms with Crippen LogP contribution in [0.25, 0.3) is 10.8 Å². The van der Waals surface area contributed by atoms with Gasteiger partial charge in [0.2, 0.25) is 0 Å². The maximum atomic E-state index is 13.2.